The van der Waals surface area contributed by atoms with Crippen LogP contribution in [0.1, 0.15) is 50.3 Å². The van der Waals surface area contributed by atoms with E-state index in [1.54, 1.807) is 0 Å². The number of pyridine rings is 1. The molecule has 0 atom stereocenters. The van der Waals surface area contributed by atoms with Gasteiger partial charge in [-0.15, -0.1) is 0 Å². The molecule has 2 heterocycles. The van der Waals surface area contributed by atoms with E-state index in [-0.39, 0.29) is 0 Å². The van der Waals surface area contributed by atoms with Crippen LogP contribution in [-0.2, 0) is 0 Å². The van der Waals surface area contributed by atoms with Gasteiger partial charge in [-0.3, -0.25) is 4.40 Å². The van der Waals surface area contributed by atoms with Gasteiger partial charge in [0.15, 0.2) is 0 Å². The summed E-state index contributed by atoms with van der Waals surface area (Å²) in [6.45, 7) is 2.15. The van der Waals surface area contributed by atoms with Crippen molar-refractivity contribution in [2.24, 2.45) is 0 Å². The first-order valence-electron chi connectivity index (χ1n) is 9.28. The molecule has 0 amide bonds. The maximum Gasteiger partial charge on any atom is 0.139 e. The van der Waals surface area contributed by atoms with Crippen LogP contribution < -0.4 is 5.32 Å². The minimum Gasteiger partial charge on any atom is -0.367 e. The van der Waals surface area contributed by atoms with Gasteiger partial charge in [0.2, 0.25) is 0 Å². The average Bonchev–Trinajstić information content (AvgIpc) is 3.02. The van der Waals surface area contributed by atoms with Gasteiger partial charge in [0.1, 0.15) is 17.2 Å². The Kier molecular flexibility index (Phi) is 4.55. The van der Waals surface area contributed by atoms with Gasteiger partial charge in [-0.1, -0.05) is 55.7 Å². The van der Waals surface area contributed by atoms with E-state index >= 15 is 0 Å². The Balaban J connectivity index is 1.74. The summed E-state index contributed by atoms with van der Waals surface area (Å²) < 4.78 is 2.19. The molecule has 0 unspecified atom stereocenters. The van der Waals surface area contributed by atoms with Crippen LogP contribution in [-0.4, -0.2) is 15.4 Å². The van der Waals surface area contributed by atoms with E-state index in [9.17, 15) is 0 Å². The Labute approximate surface area is 149 Å². The highest BCUT2D eigenvalue weighted by Gasteiger charge is 2.19. The molecule has 25 heavy (non-hydrogen) atoms. The summed E-state index contributed by atoms with van der Waals surface area (Å²) in [6.07, 6.45) is 10.8. The number of anilines is 1. The molecular formula is C22H25N3. The van der Waals surface area contributed by atoms with E-state index in [0.29, 0.717) is 6.04 Å². The van der Waals surface area contributed by atoms with Crippen molar-refractivity contribution in [1.82, 2.24) is 9.38 Å². The molecule has 3 aromatic rings. The molecule has 1 aliphatic carbocycles. The second-order valence-corrected chi connectivity index (χ2v) is 6.96. The number of benzene rings is 1. The summed E-state index contributed by atoms with van der Waals surface area (Å²) in [5.74, 6) is 1.13. The number of nitrogens with one attached hydrogen (secondary N) is 1. The van der Waals surface area contributed by atoms with Gasteiger partial charge in [0.05, 0.1) is 0 Å². The first-order chi connectivity index (χ1) is 12.3. The molecule has 1 N–H and O–H groups in total. The Morgan fingerprint density at radius 1 is 1.04 bits per heavy atom. The van der Waals surface area contributed by atoms with Crippen molar-refractivity contribution in [3.8, 4) is 0 Å². The molecule has 4 rings (SSSR count). The van der Waals surface area contributed by atoms with Crippen molar-refractivity contribution < 1.29 is 0 Å². The number of aromatic nitrogens is 2. The first kappa shape index (κ1) is 15.9. The molecule has 0 radical (unpaired) electrons. The summed E-state index contributed by atoms with van der Waals surface area (Å²) in [4.78, 5) is 4.91. The van der Waals surface area contributed by atoms with Gasteiger partial charge in [-0.05, 0) is 49.1 Å². The van der Waals surface area contributed by atoms with E-state index in [1.165, 1.54) is 43.2 Å². The topological polar surface area (TPSA) is 29.3 Å². The van der Waals surface area contributed by atoms with Gasteiger partial charge in [0, 0.05) is 12.2 Å². The fraction of sp³-hybridized carbons (Fsp3) is 0.318. The van der Waals surface area contributed by atoms with E-state index in [1.807, 2.05) is 12.1 Å². The quantitative estimate of drug-likeness (QED) is 0.670. The van der Waals surface area contributed by atoms with Gasteiger partial charge in [-0.25, -0.2) is 4.98 Å². The summed E-state index contributed by atoms with van der Waals surface area (Å²) in [6, 6.07) is 17.2. The third-order valence-electron chi connectivity index (χ3n) is 5.03. The van der Waals surface area contributed by atoms with Crippen LogP contribution in [0.5, 0.6) is 0 Å². The van der Waals surface area contributed by atoms with Gasteiger partial charge < -0.3 is 5.32 Å². The van der Waals surface area contributed by atoms with Crippen LogP contribution in [0.25, 0.3) is 17.3 Å². The number of hydrogen-bond donors (Lipinski definition) is 1. The summed E-state index contributed by atoms with van der Waals surface area (Å²) >= 11 is 0. The average molecular weight is 331 g/mol. The lowest BCUT2D eigenvalue weighted by molar-refractivity contribution is 0.461. The van der Waals surface area contributed by atoms with Crippen molar-refractivity contribution >= 4 is 23.1 Å². The van der Waals surface area contributed by atoms with Crippen molar-refractivity contribution in [3.05, 3.63) is 66.0 Å². The summed E-state index contributed by atoms with van der Waals surface area (Å²) in [7, 11) is 0. The SMILES string of the molecule is C/C(=C\c1ccccc1)c1nc2ccccn2c1NC1CCCCC1. The molecule has 128 valence electrons. The van der Waals surface area contributed by atoms with Crippen LogP contribution in [0.15, 0.2) is 54.7 Å². The number of allylic oxidation sites excluding steroid dienone is 1. The smallest absolute Gasteiger partial charge is 0.139 e. The minimum absolute atomic E-state index is 0.553. The summed E-state index contributed by atoms with van der Waals surface area (Å²) in [5, 5.41) is 3.80. The van der Waals surface area contributed by atoms with Gasteiger partial charge >= 0.3 is 0 Å². The van der Waals surface area contributed by atoms with Gasteiger partial charge in [0.25, 0.3) is 0 Å². The van der Waals surface area contributed by atoms with Crippen LogP contribution in [0.2, 0.25) is 0 Å². The molecule has 1 saturated carbocycles. The normalized spacial score (nSPS) is 16.3. The fourth-order valence-electron chi connectivity index (χ4n) is 3.72. The number of nitrogens with zero attached hydrogens (tertiary/aromatic N) is 2. The number of imidazole rings is 1. The Hall–Kier alpha value is -2.55. The van der Waals surface area contributed by atoms with Crippen LogP contribution in [0.4, 0.5) is 5.82 Å². The lowest BCUT2D eigenvalue weighted by Crippen LogP contribution is -2.23. The van der Waals surface area contributed by atoms with Crippen molar-refractivity contribution in [3.63, 3.8) is 0 Å². The molecular weight excluding hydrogens is 306 g/mol. The molecule has 0 aliphatic heterocycles. The molecule has 1 aromatic carbocycles. The highest BCUT2D eigenvalue weighted by atomic mass is 15.1. The third kappa shape index (κ3) is 3.46. The van der Waals surface area contributed by atoms with Crippen LogP contribution in [0, 0.1) is 0 Å². The van der Waals surface area contributed by atoms with Gasteiger partial charge in [-0.2, -0.15) is 0 Å². The molecule has 2 aromatic heterocycles. The third-order valence-corrected chi connectivity index (χ3v) is 5.03. The van der Waals surface area contributed by atoms with Crippen molar-refractivity contribution in [2.45, 2.75) is 45.1 Å². The zero-order valence-corrected chi connectivity index (χ0v) is 14.8. The maximum atomic E-state index is 4.91. The predicted octanol–water partition coefficient (Wildman–Crippen LogP) is 5.64. The Morgan fingerprint density at radius 3 is 2.60 bits per heavy atom. The number of rotatable bonds is 4. The molecule has 0 spiro atoms. The lowest BCUT2D eigenvalue weighted by atomic mass is 9.95. The predicted molar refractivity (Wildman–Crippen MR) is 106 cm³/mol. The fourth-order valence-corrected chi connectivity index (χ4v) is 3.72. The minimum atomic E-state index is 0.553. The highest BCUT2D eigenvalue weighted by Crippen LogP contribution is 2.29. The van der Waals surface area contributed by atoms with E-state index in [0.717, 1.165) is 17.2 Å². The molecule has 1 aliphatic rings. The van der Waals surface area contributed by atoms with Crippen molar-refractivity contribution in [2.75, 3.05) is 5.32 Å². The highest BCUT2D eigenvalue weighted by molar-refractivity contribution is 5.84. The zero-order valence-electron chi connectivity index (χ0n) is 14.8. The molecule has 3 nitrogen and oxygen atoms in total. The standard InChI is InChI=1S/C22H25N3/c1-17(16-18-10-4-2-5-11-18)21-22(23-19-12-6-3-7-13-19)25-15-9-8-14-20(25)24-21/h2,4-5,8-11,14-16,19,23H,3,6-7,12-13H2,1H3/b17-16+. The molecule has 3 heteroatoms. The second-order valence-electron chi connectivity index (χ2n) is 6.96. The zero-order chi connectivity index (χ0) is 17.1. The number of fused-ring (bicyclic) bond motifs is 1. The largest absolute Gasteiger partial charge is 0.367 e. The summed E-state index contributed by atoms with van der Waals surface area (Å²) in [5.41, 5.74) is 4.45. The monoisotopic (exact) mass is 331 g/mol. The van der Waals surface area contributed by atoms with Crippen molar-refractivity contribution in [1.29, 1.82) is 0 Å². The first-order valence-corrected chi connectivity index (χ1v) is 9.28. The molecule has 0 saturated heterocycles. The van der Waals surface area contributed by atoms with E-state index < -0.39 is 0 Å². The lowest BCUT2D eigenvalue weighted by Gasteiger charge is -2.24. The second kappa shape index (κ2) is 7.14. The van der Waals surface area contributed by atoms with E-state index in [4.69, 9.17) is 4.98 Å². The Morgan fingerprint density at radius 2 is 1.80 bits per heavy atom. The maximum absolute atomic E-state index is 4.91. The molecule has 0 bridgehead atoms. The number of hydrogen-bond acceptors (Lipinski definition) is 2. The van der Waals surface area contributed by atoms with Crippen LogP contribution >= 0.6 is 0 Å². The molecule has 1 fully saturated rings. The Bertz CT molecular complexity index is 871. The van der Waals surface area contributed by atoms with E-state index in [2.05, 4.69) is 65.3 Å². The van der Waals surface area contributed by atoms with Crippen LogP contribution in [0.3, 0.4) is 0 Å².